The molecule has 0 aliphatic carbocycles. The summed E-state index contributed by atoms with van der Waals surface area (Å²) in [6, 6.07) is 37.8. The lowest BCUT2D eigenvalue weighted by Crippen LogP contribution is -2.56. The second-order valence-corrected chi connectivity index (χ2v) is 35.7. The summed E-state index contributed by atoms with van der Waals surface area (Å²) in [6.07, 6.45) is 14.4. The molecular formula is C98H124N24O4. The number of aryl methyl sites for hydroxylation is 1. The largest absolute Gasteiger partial charge is 0.462 e. The normalized spacial score (nSPS) is 20.9. The van der Waals surface area contributed by atoms with Crippen LogP contribution in [0.15, 0.2) is 141 Å². The number of rotatable bonds is 21. The Morgan fingerprint density at radius 3 is 1.36 bits per heavy atom. The molecule has 28 nitrogen and oxygen atoms in total. The topological polar surface area (TPSA) is 199 Å². The number of carbonyl (C=O) groups excluding carboxylic acids is 3. The number of benzene rings is 5. The molecule has 5 aromatic carbocycles. The van der Waals surface area contributed by atoms with Gasteiger partial charge in [0.1, 0.15) is 42.2 Å². The summed E-state index contributed by atoms with van der Waals surface area (Å²) in [5.74, 6) is 4.16. The molecule has 3 aromatic heterocycles. The molecule has 0 spiro atoms. The molecule has 0 saturated carbocycles. The lowest BCUT2D eigenvalue weighted by molar-refractivity contribution is -0.129. The number of likely N-dealkylation sites (N-methyl/N-ethyl adjacent to an activating group) is 4. The minimum absolute atomic E-state index is 0.0336. The Hall–Kier alpha value is -12.0. The fourth-order valence-electron chi connectivity index (χ4n) is 19.7. The lowest BCUT2D eigenvalue weighted by Gasteiger charge is -2.42. The van der Waals surface area contributed by atoms with Crippen molar-refractivity contribution in [2.45, 2.75) is 121 Å². The predicted octanol–water partition coefficient (Wildman–Crippen LogP) is 10.5. The zero-order valence-corrected chi connectivity index (χ0v) is 75.2. The number of fused-ring (bicyclic) bond motifs is 5. The van der Waals surface area contributed by atoms with Crippen LogP contribution in [0.4, 0.5) is 46.4 Å². The predicted molar refractivity (Wildman–Crippen MR) is 504 cm³/mol. The van der Waals surface area contributed by atoms with E-state index >= 15 is 0 Å². The minimum Gasteiger partial charge on any atom is -0.462 e. The molecule has 12 heterocycles. The lowest BCUT2D eigenvalue weighted by atomic mass is 10.0. The van der Waals surface area contributed by atoms with E-state index in [-0.39, 0.29) is 55.5 Å². The van der Waals surface area contributed by atoms with Crippen molar-refractivity contribution in [3.63, 3.8) is 0 Å². The van der Waals surface area contributed by atoms with Gasteiger partial charge in [-0.15, -0.1) is 0 Å². The van der Waals surface area contributed by atoms with Crippen LogP contribution < -0.4 is 43.9 Å². The first-order valence-electron chi connectivity index (χ1n) is 45.0. The number of piperidine rings is 1. The average molecular weight is 1700 g/mol. The highest BCUT2D eigenvalue weighted by Gasteiger charge is 2.41. The van der Waals surface area contributed by atoms with Gasteiger partial charge in [-0.3, -0.25) is 14.4 Å². The van der Waals surface area contributed by atoms with Crippen molar-refractivity contribution in [1.82, 2.24) is 64.2 Å². The van der Waals surface area contributed by atoms with Crippen LogP contribution in [0.1, 0.15) is 77.0 Å². The van der Waals surface area contributed by atoms with Gasteiger partial charge in [-0.25, -0.2) is 29.7 Å². The van der Waals surface area contributed by atoms with Gasteiger partial charge in [0.2, 0.25) is 49.3 Å². The molecule has 17 rings (SSSR count). The van der Waals surface area contributed by atoms with E-state index in [0.717, 1.165) is 156 Å². The molecule has 0 bridgehead atoms. The van der Waals surface area contributed by atoms with E-state index in [2.05, 4.69) is 234 Å². The van der Waals surface area contributed by atoms with E-state index in [9.17, 15) is 14.4 Å². The number of amides is 3. The molecule has 0 radical (unpaired) electrons. The molecule has 9 aliphatic heterocycles. The fourth-order valence-corrected chi connectivity index (χ4v) is 19.7. The number of ether oxygens (including phenoxy) is 1. The molecule has 0 N–H and O–H groups in total. The Labute approximate surface area is 744 Å². The van der Waals surface area contributed by atoms with Crippen molar-refractivity contribution in [2.24, 2.45) is 0 Å². The number of hydrogen-bond donors (Lipinski definition) is 0. The Morgan fingerprint density at radius 2 is 0.889 bits per heavy atom. The van der Waals surface area contributed by atoms with Crippen molar-refractivity contribution in [3.05, 3.63) is 220 Å². The molecule has 126 heavy (non-hydrogen) atoms. The maximum absolute atomic E-state index is 13.1. The Balaban J connectivity index is 0.000000146. The zero-order valence-electron chi connectivity index (χ0n) is 75.2. The van der Waals surface area contributed by atoms with Crippen molar-refractivity contribution in [3.8, 4) is 6.01 Å². The van der Waals surface area contributed by atoms with Crippen molar-refractivity contribution < 1.29 is 19.1 Å². The van der Waals surface area contributed by atoms with Crippen LogP contribution in [0.5, 0.6) is 6.01 Å². The average Bonchev–Trinajstić information content (AvgIpc) is 1.41. The quantitative estimate of drug-likeness (QED) is 0.0485. The first-order chi connectivity index (χ1) is 61.2. The van der Waals surface area contributed by atoms with Crippen LogP contribution in [0.3, 0.4) is 0 Å². The second-order valence-electron chi connectivity index (χ2n) is 35.7. The Bertz CT molecular complexity index is 5410. The van der Waals surface area contributed by atoms with Gasteiger partial charge in [-0.05, 0) is 173 Å². The summed E-state index contributed by atoms with van der Waals surface area (Å²) in [4.78, 5) is 113. The third-order valence-electron chi connectivity index (χ3n) is 27.1. The number of anilines is 8. The fraction of sp³-hybridized carbons (Fsp3) is 0.490. The highest BCUT2D eigenvalue weighted by molar-refractivity contribution is 5.96. The Kier molecular flexibility index (Phi) is 28.6. The van der Waals surface area contributed by atoms with Gasteiger partial charge in [0.05, 0.1) is 36.7 Å². The summed E-state index contributed by atoms with van der Waals surface area (Å²) < 4.78 is 6.30. The summed E-state index contributed by atoms with van der Waals surface area (Å²) in [5.41, 5.74) is 13.0. The van der Waals surface area contributed by atoms with Crippen LogP contribution in [-0.2, 0) is 53.3 Å². The van der Waals surface area contributed by atoms with Gasteiger partial charge in [0.25, 0.3) is 0 Å². The van der Waals surface area contributed by atoms with Crippen molar-refractivity contribution >= 4 is 85.7 Å². The first kappa shape index (κ1) is 88.8. The molecular weight excluding hydrogens is 1580 g/mol. The third-order valence-corrected chi connectivity index (χ3v) is 27.1. The maximum atomic E-state index is 13.1. The third kappa shape index (κ3) is 20.0. The van der Waals surface area contributed by atoms with Gasteiger partial charge in [-0.2, -0.15) is 19.9 Å². The highest BCUT2D eigenvalue weighted by atomic mass is 16.5. The number of hydrogen-bond acceptors (Lipinski definition) is 22. The van der Waals surface area contributed by atoms with Crippen LogP contribution in [0.2, 0.25) is 0 Å². The van der Waals surface area contributed by atoms with Gasteiger partial charge in [0, 0.05) is 180 Å². The number of carbonyl (C=O) groups is 3. The summed E-state index contributed by atoms with van der Waals surface area (Å²) >= 11 is 0. The minimum atomic E-state index is -0.208. The summed E-state index contributed by atoms with van der Waals surface area (Å²) in [6.45, 7) is 51.3. The zero-order chi connectivity index (χ0) is 88.2. The first-order valence-corrected chi connectivity index (χ1v) is 45.0. The summed E-state index contributed by atoms with van der Waals surface area (Å²) in [5, 5.41) is 4.99. The molecule has 1 unspecified atom stereocenters. The highest BCUT2D eigenvalue weighted by Crippen LogP contribution is 2.41. The molecule has 8 aromatic rings. The van der Waals surface area contributed by atoms with Crippen LogP contribution in [-0.4, -0.2) is 312 Å². The van der Waals surface area contributed by atoms with Gasteiger partial charge < -0.3 is 92.8 Å². The van der Waals surface area contributed by atoms with E-state index < -0.39 is 0 Å². The monoisotopic (exact) mass is 1700 g/mol. The van der Waals surface area contributed by atoms with Crippen LogP contribution in [0, 0.1) is 33.6 Å². The molecule has 6 saturated heterocycles. The van der Waals surface area contributed by atoms with Crippen LogP contribution >= 0.6 is 0 Å². The maximum Gasteiger partial charge on any atom is 0.318 e. The van der Waals surface area contributed by atoms with E-state index in [1.807, 2.05) is 30.0 Å². The van der Waals surface area contributed by atoms with Crippen molar-refractivity contribution in [2.75, 3.05) is 233 Å². The van der Waals surface area contributed by atoms with E-state index in [4.69, 9.17) is 54.4 Å². The van der Waals surface area contributed by atoms with E-state index in [1.54, 1.807) is 15.9 Å². The molecule has 6 atom stereocenters. The smallest absolute Gasteiger partial charge is 0.318 e. The Morgan fingerprint density at radius 1 is 0.452 bits per heavy atom. The number of aromatic nitrogens is 6. The molecule has 3 amide bonds. The van der Waals surface area contributed by atoms with Crippen LogP contribution in [0.25, 0.3) is 36.1 Å². The molecule has 660 valence electrons. The molecule has 9 aliphatic rings. The number of likely N-dealkylation sites (tertiary alicyclic amines) is 1. The SMILES string of the molecule is [C-]#[N+]C[C@H]1CN(c2nc(N3CCCC(N(C)C)C3)nc3c2CCN(c2cccc4ccccc24)C3)CCN1C(=O)C=C.[C-]#[N+]C[C@H]1CN(c2nc(N3CC[C@H](N(C)C)C3)nc3c2CCN(c2cccc4ccccc24)C3)CCN1C(=O)C=C.[C-]#[N+]C[C@H]1CN(c2nc(OC[C@@H]3CCCN3C)nc3c2CCN(c2cccc(C)c2C)C3)CCN1C(=O)/C=C/CN(C)C. The summed E-state index contributed by atoms with van der Waals surface area (Å²) in [7, 11) is 14.7. The molecule has 28 heteroatoms. The molecule has 6 fully saturated rings. The van der Waals surface area contributed by atoms with E-state index in [0.29, 0.717) is 103 Å². The standard InChI is InChI=1S/C33H46N8O2.C33H40N8O.C32H38N8O/c1-24-10-7-12-30(25(24)2)39-17-14-28-29(22-39)35-33(43-23-26-11-8-16-38(26)6)36-32(28)40-18-19-41(27(21-40)20-34-3)31(42)13-9-15-37(4)5;1-5-31(42)41-19-18-39(22-26(41)20-34-2)32-28-15-17-38(30-14-8-11-24-10-6-7-13-27(24)30)23-29(28)35-33(36-32)40-16-9-12-25(21-40)37(3)4;1-5-30(41)40-18-17-38(21-25(40)19-33-2)31-27-14-16-37(29-12-8-10-23-9-6-7-11-26(23)29)22-28(27)34-32(35-31)39-15-13-24(20-39)36(3)4/h7,9-10,12-13,26-27H,8,11,14-23H2,1-2,4-6H3;5-8,10-11,13-14,25-26H,1,9,12,15-23H2,3-4H3;5-12,24-25H,1,13-22H2,3-4H3/b13-9+;;/t26-,27-;25?,26-;24-,25-/m000/s1. The second kappa shape index (κ2) is 40.5. The van der Waals surface area contributed by atoms with Gasteiger partial charge in [0.15, 0.2) is 0 Å². The number of piperazine rings is 3. The van der Waals surface area contributed by atoms with Gasteiger partial charge >= 0.3 is 6.01 Å². The number of nitrogens with zero attached hydrogens (tertiary/aromatic N) is 24. The van der Waals surface area contributed by atoms with Crippen molar-refractivity contribution in [1.29, 1.82) is 0 Å². The van der Waals surface area contributed by atoms with E-state index in [1.165, 1.54) is 85.9 Å². The van der Waals surface area contributed by atoms with Gasteiger partial charge in [-0.1, -0.05) is 104 Å².